The minimum absolute atomic E-state index is 0.0204. The minimum Gasteiger partial charge on any atom is -0.497 e. The summed E-state index contributed by atoms with van der Waals surface area (Å²) in [6.07, 6.45) is 4.32. The number of benzene rings is 3. The number of ether oxygens (including phenoxy) is 1. The van der Waals surface area contributed by atoms with Crippen LogP contribution in [-0.4, -0.2) is 36.3 Å². The number of carbonyl (C=O) groups is 1. The quantitative estimate of drug-likeness (QED) is 0.486. The summed E-state index contributed by atoms with van der Waals surface area (Å²) in [6.45, 7) is 4.93. The molecule has 1 amide bonds. The molecule has 0 aromatic heterocycles. The van der Waals surface area contributed by atoms with E-state index in [9.17, 15) is 4.79 Å². The van der Waals surface area contributed by atoms with Gasteiger partial charge in [-0.25, -0.2) is 5.01 Å². The van der Waals surface area contributed by atoms with Crippen LogP contribution in [0, 0.1) is 11.8 Å². The highest BCUT2D eigenvalue weighted by Crippen LogP contribution is 2.34. The molecule has 3 aromatic rings. The molecular formula is C30H35N3O2. The van der Waals surface area contributed by atoms with Crippen LogP contribution in [0.4, 0.5) is 0 Å². The number of hydrogen-bond acceptors (Lipinski definition) is 4. The monoisotopic (exact) mass is 469 g/mol. The predicted molar refractivity (Wildman–Crippen MR) is 142 cm³/mol. The van der Waals surface area contributed by atoms with E-state index in [0.717, 1.165) is 29.0 Å². The van der Waals surface area contributed by atoms with E-state index in [2.05, 4.69) is 61.6 Å². The van der Waals surface area contributed by atoms with Crippen molar-refractivity contribution >= 4 is 22.4 Å². The first-order valence-electron chi connectivity index (χ1n) is 12.8. The number of methoxy groups -OCH3 is 1. The molecule has 1 heterocycles. The van der Waals surface area contributed by atoms with Gasteiger partial charge in [0.05, 0.1) is 25.4 Å². The first kappa shape index (κ1) is 23.6. The third-order valence-corrected chi connectivity index (χ3v) is 7.97. The molecule has 1 aliphatic carbocycles. The molecule has 0 radical (unpaired) electrons. The SMILES string of the molecule is COc1ccc([C@@H]2CC(c3ccc4ccccc4c3)=NN2C(=O)CN[C@H]2CCC[C@H](C)[C@H]2C)cc1. The third kappa shape index (κ3) is 4.96. The van der Waals surface area contributed by atoms with Crippen LogP contribution < -0.4 is 10.1 Å². The lowest BCUT2D eigenvalue weighted by atomic mass is 9.78. The van der Waals surface area contributed by atoms with Crippen LogP contribution in [0.1, 0.15) is 56.7 Å². The van der Waals surface area contributed by atoms with E-state index in [0.29, 0.717) is 30.8 Å². The molecule has 4 atom stereocenters. The Morgan fingerprint density at radius 3 is 2.57 bits per heavy atom. The van der Waals surface area contributed by atoms with E-state index in [1.165, 1.54) is 23.6 Å². The first-order chi connectivity index (χ1) is 17.0. The van der Waals surface area contributed by atoms with Gasteiger partial charge in [-0.1, -0.05) is 75.2 Å². The molecule has 1 fully saturated rings. The van der Waals surface area contributed by atoms with Crippen LogP contribution in [0.15, 0.2) is 71.8 Å². The lowest BCUT2D eigenvalue weighted by molar-refractivity contribution is -0.132. The van der Waals surface area contributed by atoms with Gasteiger partial charge in [-0.2, -0.15) is 5.10 Å². The summed E-state index contributed by atoms with van der Waals surface area (Å²) in [7, 11) is 1.67. The summed E-state index contributed by atoms with van der Waals surface area (Å²) in [5, 5.41) is 12.5. The molecule has 1 aliphatic heterocycles. The van der Waals surface area contributed by atoms with Crippen molar-refractivity contribution in [3.05, 3.63) is 77.9 Å². The zero-order valence-corrected chi connectivity index (χ0v) is 20.9. The van der Waals surface area contributed by atoms with Crippen molar-refractivity contribution in [2.24, 2.45) is 16.9 Å². The molecule has 0 spiro atoms. The molecule has 5 rings (SSSR count). The van der Waals surface area contributed by atoms with Gasteiger partial charge in [0, 0.05) is 12.5 Å². The number of carbonyl (C=O) groups excluding carboxylic acids is 1. The maximum atomic E-state index is 13.5. The topological polar surface area (TPSA) is 53.9 Å². The highest BCUT2D eigenvalue weighted by atomic mass is 16.5. The van der Waals surface area contributed by atoms with E-state index in [-0.39, 0.29) is 11.9 Å². The van der Waals surface area contributed by atoms with E-state index < -0.39 is 0 Å². The summed E-state index contributed by atoms with van der Waals surface area (Å²) in [6, 6.07) is 23.0. The number of hydrazone groups is 1. The molecule has 1 saturated carbocycles. The van der Waals surface area contributed by atoms with Crippen molar-refractivity contribution in [1.82, 2.24) is 10.3 Å². The molecule has 0 unspecified atom stereocenters. The number of rotatable bonds is 6. The smallest absolute Gasteiger partial charge is 0.257 e. The number of hydrogen-bond donors (Lipinski definition) is 1. The van der Waals surface area contributed by atoms with Crippen molar-refractivity contribution in [1.29, 1.82) is 0 Å². The largest absolute Gasteiger partial charge is 0.497 e. The van der Waals surface area contributed by atoms with Crippen LogP contribution in [-0.2, 0) is 4.79 Å². The molecule has 3 aromatic carbocycles. The van der Waals surface area contributed by atoms with Crippen molar-refractivity contribution in [2.75, 3.05) is 13.7 Å². The second kappa shape index (κ2) is 10.2. The number of fused-ring (bicyclic) bond motifs is 1. The lowest BCUT2D eigenvalue weighted by Crippen LogP contribution is -2.45. The number of nitrogens with one attached hydrogen (secondary N) is 1. The van der Waals surface area contributed by atoms with Crippen LogP contribution in [0.3, 0.4) is 0 Å². The van der Waals surface area contributed by atoms with Crippen molar-refractivity contribution in [2.45, 2.75) is 51.6 Å². The van der Waals surface area contributed by atoms with Crippen molar-refractivity contribution in [3.63, 3.8) is 0 Å². The Bertz CT molecular complexity index is 1220. The molecule has 5 heteroatoms. The second-order valence-electron chi connectivity index (χ2n) is 10.1. The Labute approximate surface area is 208 Å². The Hall–Kier alpha value is -3.18. The fraction of sp³-hybridized carbons (Fsp3) is 0.400. The molecule has 5 nitrogen and oxygen atoms in total. The van der Waals surface area contributed by atoms with Gasteiger partial charge in [-0.05, 0) is 58.4 Å². The fourth-order valence-electron chi connectivity index (χ4n) is 5.54. The zero-order valence-electron chi connectivity index (χ0n) is 20.9. The van der Waals surface area contributed by atoms with Gasteiger partial charge in [-0.3, -0.25) is 4.79 Å². The highest BCUT2D eigenvalue weighted by Gasteiger charge is 2.34. The predicted octanol–water partition coefficient (Wildman–Crippen LogP) is 5.94. The highest BCUT2D eigenvalue weighted by molar-refractivity contribution is 6.05. The van der Waals surface area contributed by atoms with Gasteiger partial charge in [0.1, 0.15) is 5.75 Å². The minimum atomic E-state index is -0.126. The lowest BCUT2D eigenvalue weighted by Gasteiger charge is -2.35. The molecule has 182 valence electrons. The number of nitrogens with zero attached hydrogens (tertiary/aromatic N) is 2. The molecule has 35 heavy (non-hydrogen) atoms. The van der Waals surface area contributed by atoms with Gasteiger partial charge >= 0.3 is 0 Å². The summed E-state index contributed by atoms with van der Waals surface area (Å²) >= 11 is 0. The average molecular weight is 470 g/mol. The molecular weight excluding hydrogens is 434 g/mol. The normalized spacial score (nSPS) is 24.4. The maximum Gasteiger partial charge on any atom is 0.257 e. The van der Waals surface area contributed by atoms with Gasteiger partial charge < -0.3 is 10.1 Å². The number of amides is 1. The standard InChI is InChI=1S/C30H35N3O2/c1-20-7-6-10-27(21(20)2)31-19-30(34)33-29(23-13-15-26(35-3)16-14-23)18-28(32-33)25-12-11-22-8-4-5-9-24(22)17-25/h4-5,8-9,11-17,20-21,27,29,31H,6-7,10,18-19H2,1-3H3/t20-,21+,27-,29-/m0/s1. The van der Waals surface area contributed by atoms with Crippen LogP contribution >= 0.6 is 0 Å². The Balaban J connectivity index is 1.40. The van der Waals surface area contributed by atoms with E-state index in [4.69, 9.17) is 9.84 Å². The zero-order chi connectivity index (χ0) is 24.4. The van der Waals surface area contributed by atoms with Gasteiger partial charge in [-0.15, -0.1) is 0 Å². The average Bonchev–Trinajstić information content (AvgIpc) is 3.35. The molecule has 0 bridgehead atoms. The summed E-state index contributed by atoms with van der Waals surface area (Å²) in [5.41, 5.74) is 3.09. The summed E-state index contributed by atoms with van der Waals surface area (Å²) in [4.78, 5) is 13.5. The summed E-state index contributed by atoms with van der Waals surface area (Å²) in [5.74, 6) is 2.09. The van der Waals surface area contributed by atoms with Crippen molar-refractivity contribution < 1.29 is 9.53 Å². The second-order valence-corrected chi connectivity index (χ2v) is 10.1. The Morgan fingerprint density at radius 1 is 1.03 bits per heavy atom. The van der Waals surface area contributed by atoms with Gasteiger partial charge in [0.2, 0.25) is 0 Å². The van der Waals surface area contributed by atoms with Gasteiger partial charge in [0.25, 0.3) is 5.91 Å². The van der Waals surface area contributed by atoms with E-state index in [1.54, 1.807) is 12.1 Å². The maximum absolute atomic E-state index is 13.5. The Kier molecular flexibility index (Phi) is 6.87. The van der Waals surface area contributed by atoms with Crippen LogP contribution in [0.5, 0.6) is 5.75 Å². The van der Waals surface area contributed by atoms with Crippen LogP contribution in [0.25, 0.3) is 10.8 Å². The fourth-order valence-corrected chi connectivity index (χ4v) is 5.54. The van der Waals surface area contributed by atoms with Gasteiger partial charge in [0.15, 0.2) is 0 Å². The van der Waals surface area contributed by atoms with E-state index in [1.807, 2.05) is 24.3 Å². The molecule has 1 N–H and O–H groups in total. The molecule has 0 saturated heterocycles. The van der Waals surface area contributed by atoms with E-state index >= 15 is 0 Å². The third-order valence-electron chi connectivity index (χ3n) is 7.97. The van der Waals surface area contributed by atoms with Crippen molar-refractivity contribution in [3.8, 4) is 5.75 Å². The van der Waals surface area contributed by atoms with Crippen LogP contribution in [0.2, 0.25) is 0 Å². The Morgan fingerprint density at radius 2 is 1.80 bits per heavy atom. The molecule has 2 aliphatic rings. The first-order valence-corrected chi connectivity index (χ1v) is 12.8. The summed E-state index contributed by atoms with van der Waals surface area (Å²) < 4.78 is 5.34.